The third-order valence-electron chi connectivity index (χ3n) is 4.21. The van der Waals surface area contributed by atoms with Gasteiger partial charge in [0.05, 0.1) is 18.2 Å². The molecule has 0 aliphatic rings. The van der Waals surface area contributed by atoms with Crippen LogP contribution in [-0.2, 0) is 6.18 Å². The average molecular weight is 374 g/mol. The number of phenolic OH excluding ortho intramolecular Hbond substituents is 1. The Balaban J connectivity index is 1.77. The first kappa shape index (κ1) is 17.0. The molecule has 0 aliphatic heterocycles. The van der Waals surface area contributed by atoms with Crippen LogP contribution in [0.15, 0.2) is 52.9 Å². The molecule has 0 bridgehead atoms. The van der Waals surface area contributed by atoms with Crippen LogP contribution in [0, 0.1) is 0 Å². The van der Waals surface area contributed by atoms with E-state index < -0.39 is 11.9 Å². The lowest BCUT2D eigenvalue weighted by molar-refractivity contribution is -0.141. The number of benzene rings is 2. The molecule has 0 unspecified atom stereocenters. The van der Waals surface area contributed by atoms with E-state index in [1.807, 2.05) is 5.10 Å². The molecule has 138 valence electrons. The number of fused-ring (bicyclic) bond motifs is 1. The lowest BCUT2D eigenvalue weighted by Gasteiger charge is -2.02. The Morgan fingerprint density at radius 3 is 2.44 bits per heavy atom. The molecule has 0 amide bonds. The maximum atomic E-state index is 12.8. The summed E-state index contributed by atoms with van der Waals surface area (Å²) >= 11 is 0. The van der Waals surface area contributed by atoms with E-state index in [-0.39, 0.29) is 17.0 Å². The molecular formula is C19H13F3N2O3. The monoisotopic (exact) mass is 374 g/mol. The van der Waals surface area contributed by atoms with Gasteiger partial charge in [0.1, 0.15) is 28.5 Å². The van der Waals surface area contributed by atoms with Crippen LogP contribution in [0.1, 0.15) is 5.69 Å². The number of ether oxygens (including phenoxy) is 1. The number of nitrogens with one attached hydrogen (secondary N) is 1. The maximum Gasteiger partial charge on any atom is 0.432 e. The molecule has 2 aromatic heterocycles. The first-order valence-corrected chi connectivity index (χ1v) is 7.90. The van der Waals surface area contributed by atoms with Gasteiger partial charge in [0.25, 0.3) is 0 Å². The Bertz CT molecular complexity index is 1110. The van der Waals surface area contributed by atoms with Gasteiger partial charge in [0.15, 0.2) is 0 Å². The molecule has 0 fully saturated rings. The van der Waals surface area contributed by atoms with E-state index in [4.69, 9.17) is 9.15 Å². The Morgan fingerprint density at radius 2 is 1.81 bits per heavy atom. The standard InChI is InChI=1S/C19H13F3N2O3/c1-26-11-4-2-10(3-5-11)16-8-13-15(27-16)7-6-12(18(13)25)14-9-17(24-23-14)19(20,21)22/h2-9,25H,1H3,(H,23,24). The molecule has 2 heterocycles. The summed E-state index contributed by atoms with van der Waals surface area (Å²) in [5.74, 6) is 1.01. The fourth-order valence-electron chi connectivity index (χ4n) is 2.81. The number of hydrogen-bond acceptors (Lipinski definition) is 4. The summed E-state index contributed by atoms with van der Waals surface area (Å²) in [5, 5.41) is 16.5. The summed E-state index contributed by atoms with van der Waals surface area (Å²) in [6.07, 6.45) is -4.54. The quantitative estimate of drug-likeness (QED) is 0.516. The molecule has 2 aromatic carbocycles. The number of furan rings is 1. The number of H-pyrrole nitrogens is 1. The number of phenols is 1. The predicted octanol–water partition coefficient (Wildman–Crippen LogP) is 5.22. The third-order valence-corrected chi connectivity index (χ3v) is 4.21. The Hall–Kier alpha value is -3.42. The average Bonchev–Trinajstić information content (AvgIpc) is 3.29. The highest BCUT2D eigenvalue weighted by Gasteiger charge is 2.33. The number of hydrogen-bond donors (Lipinski definition) is 2. The molecule has 0 saturated heterocycles. The molecular weight excluding hydrogens is 361 g/mol. The Labute approximate surface area is 151 Å². The van der Waals surface area contributed by atoms with Crippen LogP contribution in [0.4, 0.5) is 13.2 Å². The number of aromatic hydroxyl groups is 1. The smallest absolute Gasteiger partial charge is 0.432 e. The molecule has 5 nitrogen and oxygen atoms in total. The van der Waals surface area contributed by atoms with Crippen LogP contribution in [0.25, 0.3) is 33.6 Å². The minimum absolute atomic E-state index is 0.00563. The third kappa shape index (κ3) is 2.99. The summed E-state index contributed by atoms with van der Waals surface area (Å²) in [4.78, 5) is 0. The molecule has 0 aliphatic carbocycles. The van der Waals surface area contributed by atoms with Crippen molar-refractivity contribution in [2.45, 2.75) is 6.18 Å². The molecule has 0 radical (unpaired) electrons. The molecule has 2 N–H and O–H groups in total. The molecule has 4 rings (SSSR count). The highest BCUT2D eigenvalue weighted by Crippen LogP contribution is 2.40. The van der Waals surface area contributed by atoms with Gasteiger partial charge in [-0.1, -0.05) is 0 Å². The maximum absolute atomic E-state index is 12.8. The molecule has 8 heteroatoms. The van der Waals surface area contributed by atoms with Crippen molar-refractivity contribution in [3.8, 4) is 34.1 Å². The van der Waals surface area contributed by atoms with E-state index in [2.05, 4.69) is 5.10 Å². The Morgan fingerprint density at radius 1 is 1.07 bits per heavy atom. The van der Waals surface area contributed by atoms with Crippen LogP contribution >= 0.6 is 0 Å². The van der Waals surface area contributed by atoms with Gasteiger partial charge >= 0.3 is 6.18 Å². The SMILES string of the molecule is COc1ccc(-c2cc3c(O)c(-c4cc(C(F)(F)F)[nH]n4)ccc3o2)cc1. The highest BCUT2D eigenvalue weighted by molar-refractivity contribution is 5.94. The second kappa shape index (κ2) is 6.08. The Kier molecular flexibility index (Phi) is 3.83. The predicted molar refractivity (Wildman–Crippen MR) is 92.5 cm³/mol. The zero-order valence-corrected chi connectivity index (χ0v) is 14.0. The van der Waals surface area contributed by atoms with Crippen molar-refractivity contribution in [1.82, 2.24) is 10.2 Å². The van der Waals surface area contributed by atoms with Crippen molar-refractivity contribution >= 4 is 11.0 Å². The summed E-state index contributed by atoms with van der Waals surface area (Å²) < 4.78 is 49.1. The highest BCUT2D eigenvalue weighted by atomic mass is 19.4. The molecule has 0 spiro atoms. The zero-order valence-electron chi connectivity index (χ0n) is 14.0. The number of rotatable bonds is 3. The number of alkyl halides is 3. The number of aromatic amines is 1. The number of nitrogens with zero attached hydrogens (tertiary/aromatic N) is 1. The largest absolute Gasteiger partial charge is 0.506 e. The van der Waals surface area contributed by atoms with E-state index >= 15 is 0 Å². The summed E-state index contributed by atoms with van der Waals surface area (Å²) in [5.41, 5.74) is 0.370. The van der Waals surface area contributed by atoms with Crippen molar-refractivity contribution in [2.24, 2.45) is 0 Å². The number of methoxy groups -OCH3 is 1. The van der Waals surface area contributed by atoms with Crippen LogP contribution in [0.5, 0.6) is 11.5 Å². The van der Waals surface area contributed by atoms with Crippen molar-refractivity contribution in [3.63, 3.8) is 0 Å². The summed E-state index contributed by atoms with van der Waals surface area (Å²) in [6.45, 7) is 0. The lowest BCUT2D eigenvalue weighted by Crippen LogP contribution is -2.04. The van der Waals surface area contributed by atoms with Crippen LogP contribution in [0.2, 0.25) is 0 Å². The van der Waals surface area contributed by atoms with Crippen LogP contribution in [-0.4, -0.2) is 22.4 Å². The fraction of sp³-hybridized carbons (Fsp3) is 0.105. The van der Waals surface area contributed by atoms with E-state index in [1.54, 1.807) is 43.5 Å². The molecule has 0 atom stereocenters. The van der Waals surface area contributed by atoms with Crippen LogP contribution < -0.4 is 4.74 Å². The van der Waals surface area contributed by atoms with Crippen molar-refractivity contribution in [3.05, 3.63) is 54.2 Å². The van der Waals surface area contributed by atoms with Crippen molar-refractivity contribution in [1.29, 1.82) is 0 Å². The first-order valence-electron chi connectivity index (χ1n) is 7.90. The van der Waals surface area contributed by atoms with E-state index in [9.17, 15) is 18.3 Å². The molecule has 0 saturated carbocycles. The van der Waals surface area contributed by atoms with Crippen molar-refractivity contribution < 1.29 is 27.4 Å². The topological polar surface area (TPSA) is 71.3 Å². The molecule has 4 aromatic rings. The normalized spacial score (nSPS) is 11.9. The second-order valence-corrected chi connectivity index (χ2v) is 5.88. The summed E-state index contributed by atoms with van der Waals surface area (Å²) in [6, 6.07) is 12.7. The number of halogens is 3. The lowest BCUT2D eigenvalue weighted by atomic mass is 10.1. The van der Waals surface area contributed by atoms with Gasteiger partial charge in [0.2, 0.25) is 0 Å². The van der Waals surface area contributed by atoms with Gasteiger partial charge in [-0.05, 0) is 48.5 Å². The minimum Gasteiger partial charge on any atom is -0.506 e. The van der Waals surface area contributed by atoms with Gasteiger partial charge in [-0.2, -0.15) is 18.3 Å². The van der Waals surface area contributed by atoms with E-state index in [1.165, 1.54) is 6.07 Å². The zero-order chi connectivity index (χ0) is 19.2. The van der Waals surface area contributed by atoms with Gasteiger partial charge in [0, 0.05) is 11.1 Å². The van der Waals surface area contributed by atoms with Gasteiger partial charge in [-0.25, -0.2) is 0 Å². The van der Waals surface area contributed by atoms with Gasteiger partial charge < -0.3 is 14.3 Å². The number of aromatic nitrogens is 2. The fourth-order valence-corrected chi connectivity index (χ4v) is 2.81. The molecule has 27 heavy (non-hydrogen) atoms. The van der Waals surface area contributed by atoms with E-state index in [0.717, 1.165) is 11.6 Å². The van der Waals surface area contributed by atoms with Crippen LogP contribution in [0.3, 0.4) is 0 Å². The van der Waals surface area contributed by atoms with Gasteiger partial charge in [-0.3, -0.25) is 5.10 Å². The minimum atomic E-state index is -4.54. The summed E-state index contributed by atoms with van der Waals surface area (Å²) in [7, 11) is 1.56. The first-order chi connectivity index (χ1) is 12.9. The second-order valence-electron chi connectivity index (χ2n) is 5.88. The van der Waals surface area contributed by atoms with Crippen molar-refractivity contribution in [2.75, 3.05) is 7.11 Å². The van der Waals surface area contributed by atoms with E-state index in [0.29, 0.717) is 22.5 Å². The van der Waals surface area contributed by atoms with Gasteiger partial charge in [-0.15, -0.1) is 0 Å².